The van der Waals surface area contributed by atoms with Gasteiger partial charge in [0.05, 0.1) is 5.56 Å². The molecule has 0 aromatic heterocycles. The van der Waals surface area contributed by atoms with E-state index in [0.29, 0.717) is 0 Å². The third-order valence-electron chi connectivity index (χ3n) is 4.20. The molecule has 0 amide bonds. The van der Waals surface area contributed by atoms with E-state index in [2.05, 4.69) is 0 Å². The molecular formula is C19H18O3. The monoisotopic (exact) mass is 294 g/mol. The van der Waals surface area contributed by atoms with Gasteiger partial charge < -0.3 is 9.84 Å². The van der Waals surface area contributed by atoms with Crippen LogP contribution in [0.4, 0.5) is 0 Å². The van der Waals surface area contributed by atoms with Crippen LogP contribution in [0.5, 0.6) is 5.75 Å². The normalized spacial score (nSPS) is 16.0. The van der Waals surface area contributed by atoms with E-state index < -0.39 is 11.6 Å². The zero-order valence-electron chi connectivity index (χ0n) is 12.9. The summed E-state index contributed by atoms with van der Waals surface area (Å²) in [5.74, 6) is -0.211. The van der Waals surface area contributed by atoms with Crippen LogP contribution < -0.4 is 4.74 Å². The van der Waals surface area contributed by atoms with Crippen LogP contribution in [0.25, 0.3) is 5.57 Å². The van der Waals surface area contributed by atoms with Gasteiger partial charge in [-0.25, -0.2) is 4.79 Å². The van der Waals surface area contributed by atoms with Gasteiger partial charge in [-0.2, -0.15) is 0 Å². The van der Waals surface area contributed by atoms with Crippen molar-refractivity contribution in [2.75, 3.05) is 0 Å². The van der Waals surface area contributed by atoms with Crippen LogP contribution >= 0.6 is 0 Å². The summed E-state index contributed by atoms with van der Waals surface area (Å²) in [5.41, 5.74) is 3.89. The predicted molar refractivity (Wildman–Crippen MR) is 86.2 cm³/mol. The van der Waals surface area contributed by atoms with Crippen molar-refractivity contribution in [3.05, 3.63) is 70.8 Å². The van der Waals surface area contributed by atoms with Gasteiger partial charge in [-0.1, -0.05) is 30.3 Å². The Morgan fingerprint density at radius 1 is 1.09 bits per heavy atom. The highest BCUT2D eigenvalue weighted by Gasteiger charge is 2.33. The molecule has 0 unspecified atom stereocenters. The maximum Gasteiger partial charge on any atom is 0.335 e. The van der Waals surface area contributed by atoms with Gasteiger partial charge in [0, 0.05) is 5.56 Å². The third kappa shape index (κ3) is 2.29. The summed E-state index contributed by atoms with van der Waals surface area (Å²) < 4.78 is 6.07. The molecule has 0 bridgehead atoms. The summed E-state index contributed by atoms with van der Waals surface area (Å²) in [6.07, 6.45) is 0. The van der Waals surface area contributed by atoms with Crippen molar-refractivity contribution in [3.63, 3.8) is 0 Å². The first-order chi connectivity index (χ1) is 10.4. The van der Waals surface area contributed by atoms with E-state index in [0.717, 1.165) is 28.0 Å². The van der Waals surface area contributed by atoms with E-state index in [-0.39, 0.29) is 5.56 Å². The quantitative estimate of drug-likeness (QED) is 0.894. The number of hydrogen-bond acceptors (Lipinski definition) is 2. The summed E-state index contributed by atoms with van der Waals surface area (Å²) in [7, 11) is 0. The number of carboxylic acids is 1. The number of carboxylic acid groups (broad SMARTS) is 1. The van der Waals surface area contributed by atoms with E-state index >= 15 is 0 Å². The molecule has 2 aromatic rings. The first kappa shape index (κ1) is 14.4. The van der Waals surface area contributed by atoms with Crippen LogP contribution in [-0.4, -0.2) is 16.7 Å². The van der Waals surface area contributed by atoms with E-state index in [4.69, 9.17) is 4.74 Å². The molecule has 3 heteroatoms. The summed E-state index contributed by atoms with van der Waals surface area (Å²) >= 11 is 0. The van der Waals surface area contributed by atoms with Gasteiger partial charge in [0.2, 0.25) is 0 Å². The number of benzene rings is 2. The van der Waals surface area contributed by atoms with E-state index in [9.17, 15) is 9.90 Å². The minimum atomic E-state index is -0.933. The molecule has 22 heavy (non-hydrogen) atoms. The second-order valence-corrected chi connectivity index (χ2v) is 5.99. The lowest BCUT2D eigenvalue weighted by molar-refractivity contribution is 0.0696. The Morgan fingerprint density at radius 3 is 2.41 bits per heavy atom. The van der Waals surface area contributed by atoms with Crippen LogP contribution in [0.2, 0.25) is 0 Å². The molecule has 1 heterocycles. The Hall–Kier alpha value is -2.55. The molecule has 0 aliphatic carbocycles. The molecule has 0 atom stereocenters. The fraction of sp³-hybridized carbons (Fsp3) is 0.211. The number of hydrogen-bond donors (Lipinski definition) is 1. The molecule has 112 valence electrons. The maximum atomic E-state index is 11.3. The van der Waals surface area contributed by atoms with E-state index in [1.54, 1.807) is 18.2 Å². The van der Waals surface area contributed by atoms with Crippen molar-refractivity contribution in [1.82, 2.24) is 0 Å². The zero-order chi connectivity index (χ0) is 15.9. The van der Waals surface area contributed by atoms with Crippen LogP contribution in [0.3, 0.4) is 0 Å². The van der Waals surface area contributed by atoms with Crippen molar-refractivity contribution >= 4 is 11.5 Å². The second-order valence-electron chi connectivity index (χ2n) is 5.99. The van der Waals surface area contributed by atoms with Gasteiger partial charge in [0.15, 0.2) is 0 Å². The molecular weight excluding hydrogens is 276 g/mol. The topological polar surface area (TPSA) is 46.5 Å². The molecule has 1 aliphatic rings. The highest BCUT2D eigenvalue weighted by Crippen LogP contribution is 2.43. The van der Waals surface area contributed by atoms with E-state index in [1.807, 2.05) is 51.1 Å². The van der Waals surface area contributed by atoms with Gasteiger partial charge in [-0.15, -0.1) is 0 Å². The number of rotatable bonds is 2. The van der Waals surface area contributed by atoms with E-state index in [1.165, 1.54) is 0 Å². The smallest absolute Gasteiger partial charge is 0.335 e. The molecule has 2 aromatic carbocycles. The van der Waals surface area contributed by atoms with Gasteiger partial charge in [-0.3, -0.25) is 0 Å². The lowest BCUT2D eigenvalue weighted by atomic mass is 9.83. The van der Waals surface area contributed by atoms with Crippen molar-refractivity contribution in [1.29, 1.82) is 0 Å². The average molecular weight is 294 g/mol. The molecule has 0 radical (unpaired) electrons. The van der Waals surface area contributed by atoms with Gasteiger partial charge in [-0.05, 0) is 55.7 Å². The van der Waals surface area contributed by atoms with Crippen LogP contribution in [0.15, 0.2) is 54.1 Å². The van der Waals surface area contributed by atoms with Crippen LogP contribution in [0, 0.1) is 0 Å². The first-order valence-corrected chi connectivity index (χ1v) is 7.23. The Labute approximate surface area is 129 Å². The van der Waals surface area contributed by atoms with Crippen molar-refractivity contribution in [2.24, 2.45) is 0 Å². The SMILES string of the molecule is CC1=C(c2ccccc2)c2cc(C(=O)O)ccc2OC1(C)C. The molecule has 0 spiro atoms. The average Bonchev–Trinajstić information content (AvgIpc) is 2.48. The Morgan fingerprint density at radius 2 is 1.77 bits per heavy atom. The molecule has 1 aliphatic heterocycles. The zero-order valence-corrected chi connectivity index (χ0v) is 12.9. The Bertz CT molecular complexity index is 771. The Kier molecular flexibility index (Phi) is 3.28. The highest BCUT2D eigenvalue weighted by atomic mass is 16.5. The number of ether oxygens (including phenoxy) is 1. The summed E-state index contributed by atoms with van der Waals surface area (Å²) in [5, 5.41) is 9.25. The first-order valence-electron chi connectivity index (χ1n) is 7.23. The Balaban J connectivity index is 2.29. The largest absolute Gasteiger partial charge is 0.483 e. The van der Waals surface area contributed by atoms with Crippen molar-refractivity contribution in [3.8, 4) is 5.75 Å². The van der Waals surface area contributed by atoms with Crippen molar-refractivity contribution < 1.29 is 14.6 Å². The molecule has 3 rings (SSSR count). The van der Waals surface area contributed by atoms with Gasteiger partial charge in [0.1, 0.15) is 11.4 Å². The highest BCUT2D eigenvalue weighted by molar-refractivity contribution is 5.93. The fourth-order valence-corrected chi connectivity index (χ4v) is 2.78. The fourth-order valence-electron chi connectivity index (χ4n) is 2.78. The second kappa shape index (κ2) is 5.02. The molecule has 3 nitrogen and oxygen atoms in total. The summed E-state index contributed by atoms with van der Waals surface area (Å²) in [6.45, 7) is 6.09. The molecule has 1 N–H and O–H groups in total. The maximum absolute atomic E-state index is 11.3. The van der Waals surface area contributed by atoms with Gasteiger partial charge in [0.25, 0.3) is 0 Å². The third-order valence-corrected chi connectivity index (χ3v) is 4.20. The number of carbonyl (C=O) groups is 1. The lowest BCUT2D eigenvalue weighted by Crippen LogP contribution is -2.33. The van der Waals surface area contributed by atoms with Gasteiger partial charge >= 0.3 is 5.97 Å². The molecule has 0 saturated heterocycles. The molecule has 0 saturated carbocycles. The molecule has 0 fully saturated rings. The van der Waals surface area contributed by atoms with Crippen LogP contribution in [-0.2, 0) is 0 Å². The summed E-state index contributed by atoms with van der Waals surface area (Å²) in [4.78, 5) is 11.3. The number of aromatic carboxylic acids is 1. The standard InChI is InChI=1S/C19H18O3/c1-12-17(13-7-5-4-6-8-13)15-11-14(18(20)21)9-10-16(15)22-19(12,2)3/h4-11H,1-3H3,(H,20,21). The van der Waals surface area contributed by atoms with Crippen molar-refractivity contribution in [2.45, 2.75) is 26.4 Å². The minimum Gasteiger partial charge on any atom is -0.483 e. The predicted octanol–water partition coefficient (Wildman–Crippen LogP) is 4.38. The number of fused-ring (bicyclic) bond motifs is 1. The minimum absolute atomic E-state index is 0.267. The summed E-state index contributed by atoms with van der Waals surface area (Å²) in [6, 6.07) is 15.0. The van der Waals surface area contributed by atoms with Crippen LogP contribution in [0.1, 0.15) is 42.3 Å². The lowest BCUT2D eigenvalue weighted by Gasteiger charge is -2.36.